The maximum Gasteiger partial charge on any atom is 0.146 e. The predicted octanol–water partition coefficient (Wildman–Crippen LogP) is 3.23. The Kier molecular flexibility index (Phi) is 4.57. The first-order valence-electron chi connectivity index (χ1n) is 7.01. The van der Waals surface area contributed by atoms with Gasteiger partial charge in [-0.3, -0.25) is 0 Å². The molecular formula is C16H21N3. The molecule has 1 aliphatic carbocycles. The van der Waals surface area contributed by atoms with Crippen LogP contribution in [0.5, 0.6) is 0 Å². The van der Waals surface area contributed by atoms with Crippen molar-refractivity contribution in [1.29, 1.82) is 5.26 Å². The molecule has 1 heterocycles. The van der Waals surface area contributed by atoms with Crippen molar-refractivity contribution >= 4 is 5.82 Å². The van der Waals surface area contributed by atoms with E-state index in [1.165, 1.54) is 24.1 Å². The second-order valence-corrected chi connectivity index (χ2v) is 5.14. The summed E-state index contributed by atoms with van der Waals surface area (Å²) in [4.78, 5) is 6.83. The Balaban J connectivity index is 2.23. The van der Waals surface area contributed by atoms with Gasteiger partial charge in [-0.05, 0) is 50.2 Å². The molecule has 0 bridgehead atoms. The highest BCUT2D eigenvalue weighted by molar-refractivity contribution is 5.56. The van der Waals surface area contributed by atoms with Gasteiger partial charge in [-0.25, -0.2) is 4.98 Å². The van der Waals surface area contributed by atoms with E-state index >= 15 is 0 Å². The summed E-state index contributed by atoms with van der Waals surface area (Å²) in [5.74, 6) is 0.840. The van der Waals surface area contributed by atoms with Gasteiger partial charge in [-0.15, -0.1) is 6.58 Å². The van der Waals surface area contributed by atoms with E-state index in [2.05, 4.69) is 17.5 Å². The van der Waals surface area contributed by atoms with Crippen LogP contribution in [-0.2, 0) is 12.8 Å². The Labute approximate surface area is 115 Å². The summed E-state index contributed by atoms with van der Waals surface area (Å²) in [6.45, 7) is 4.64. The molecule has 3 heteroatoms. The standard InChI is InChI=1S/C16H21N3/c1-3-4-7-10-19(2)16-14(12-17)11-13-8-5-6-9-15(13)18-16/h3,11H,1,4-10H2,2H3. The van der Waals surface area contributed by atoms with Crippen LogP contribution in [0.4, 0.5) is 5.82 Å². The molecule has 0 fully saturated rings. The lowest BCUT2D eigenvalue weighted by Crippen LogP contribution is -2.22. The van der Waals surface area contributed by atoms with Crippen molar-refractivity contribution in [2.24, 2.45) is 0 Å². The second kappa shape index (κ2) is 6.38. The molecule has 0 amide bonds. The summed E-state index contributed by atoms with van der Waals surface area (Å²) in [6.07, 6.45) is 8.52. The third kappa shape index (κ3) is 3.14. The van der Waals surface area contributed by atoms with Gasteiger partial charge in [0.15, 0.2) is 0 Å². The third-order valence-electron chi connectivity index (χ3n) is 3.66. The summed E-state index contributed by atoms with van der Waals surface area (Å²) in [6, 6.07) is 4.34. The molecule has 0 atom stereocenters. The summed E-state index contributed by atoms with van der Waals surface area (Å²) < 4.78 is 0. The monoisotopic (exact) mass is 255 g/mol. The number of unbranched alkanes of at least 4 members (excludes halogenated alkanes) is 1. The molecule has 1 aliphatic rings. The normalized spacial score (nSPS) is 13.5. The Morgan fingerprint density at radius 2 is 2.26 bits per heavy atom. The van der Waals surface area contributed by atoms with Crippen LogP contribution in [0.25, 0.3) is 0 Å². The van der Waals surface area contributed by atoms with Gasteiger partial charge in [0.25, 0.3) is 0 Å². The molecule has 3 nitrogen and oxygen atoms in total. The van der Waals surface area contributed by atoms with Gasteiger partial charge in [-0.2, -0.15) is 5.26 Å². The van der Waals surface area contributed by atoms with Gasteiger partial charge in [0.1, 0.15) is 11.9 Å². The first-order chi connectivity index (χ1) is 9.26. The van der Waals surface area contributed by atoms with Crippen LogP contribution in [0.3, 0.4) is 0 Å². The molecule has 100 valence electrons. The van der Waals surface area contributed by atoms with Crippen LogP contribution in [0.15, 0.2) is 18.7 Å². The number of fused-ring (bicyclic) bond motifs is 1. The quantitative estimate of drug-likeness (QED) is 0.599. The van der Waals surface area contributed by atoms with Crippen molar-refractivity contribution < 1.29 is 0 Å². The van der Waals surface area contributed by atoms with Crippen LogP contribution in [0.1, 0.15) is 42.5 Å². The molecule has 0 aromatic carbocycles. The highest BCUT2D eigenvalue weighted by Crippen LogP contribution is 2.26. The van der Waals surface area contributed by atoms with E-state index in [0.29, 0.717) is 5.56 Å². The fraction of sp³-hybridized carbons (Fsp3) is 0.500. The molecule has 2 rings (SSSR count). The fourth-order valence-corrected chi connectivity index (χ4v) is 2.57. The minimum Gasteiger partial charge on any atom is -0.359 e. The molecule has 0 unspecified atom stereocenters. The highest BCUT2D eigenvalue weighted by atomic mass is 15.2. The lowest BCUT2D eigenvalue weighted by atomic mass is 9.95. The van der Waals surface area contributed by atoms with Crippen LogP contribution >= 0.6 is 0 Å². The number of rotatable bonds is 5. The molecule has 0 saturated carbocycles. The molecule has 0 aliphatic heterocycles. The van der Waals surface area contributed by atoms with Crippen molar-refractivity contribution in [2.45, 2.75) is 38.5 Å². The number of aryl methyl sites for hydroxylation is 2. The zero-order chi connectivity index (χ0) is 13.7. The number of anilines is 1. The van der Waals surface area contributed by atoms with Gasteiger partial charge >= 0.3 is 0 Å². The van der Waals surface area contributed by atoms with E-state index < -0.39 is 0 Å². The van der Waals surface area contributed by atoms with E-state index in [4.69, 9.17) is 4.98 Å². The maximum atomic E-state index is 9.31. The van der Waals surface area contributed by atoms with Crippen molar-refractivity contribution in [3.05, 3.63) is 35.5 Å². The van der Waals surface area contributed by atoms with Crippen molar-refractivity contribution in [2.75, 3.05) is 18.5 Å². The van der Waals surface area contributed by atoms with E-state index in [1.807, 2.05) is 19.2 Å². The SMILES string of the molecule is C=CCCCN(C)c1nc2c(cc1C#N)CCCC2. The van der Waals surface area contributed by atoms with Crippen LogP contribution < -0.4 is 4.90 Å². The van der Waals surface area contributed by atoms with Gasteiger partial charge in [0.05, 0.1) is 5.56 Å². The summed E-state index contributed by atoms with van der Waals surface area (Å²) in [5, 5.41) is 9.31. The molecule has 19 heavy (non-hydrogen) atoms. The van der Waals surface area contributed by atoms with Gasteiger partial charge in [0, 0.05) is 19.3 Å². The van der Waals surface area contributed by atoms with Crippen molar-refractivity contribution in [3.63, 3.8) is 0 Å². The molecule has 0 radical (unpaired) electrons. The minimum absolute atomic E-state index is 0.710. The van der Waals surface area contributed by atoms with Crippen LogP contribution in [0, 0.1) is 11.3 Å². The highest BCUT2D eigenvalue weighted by Gasteiger charge is 2.16. The van der Waals surface area contributed by atoms with Gasteiger partial charge in [-0.1, -0.05) is 6.08 Å². The number of allylic oxidation sites excluding steroid dienone is 1. The number of nitrogens with zero attached hydrogens (tertiary/aromatic N) is 3. The average Bonchev–Trinajstić information content (AvgIpc) is 2.46. The molecule has 0 spiro atoms. The minimum atomic E-state index is 0.710. The van der Waals surface area contributed by atoms with Crippen molar-refractivity contribution in [1.82, 2.24) is 4.98 Å². The molecule has 1 aromatic heterocycles. The smallest absolute Gasteiger partial charge is 0.146 e. The lowest BCUT2D eigenvalue weighted by molar-refractivity contribution is 0.664. The largest absolute Gasteiger partial charge is 0.359 e. The van der Waals surface area contributed by atoms with Crippen LogP contribution in [0.2, 0.25) is 0 Å². The van der Waals surface area contributed by atoms with E-state index in [0.717, 1.165) is 38.0 Å². The molecule has 0 saturated heterocycles. The number of hydrogen-bond acceptors (Lipinski definition) is 3. The third-order valence-corrected chi connectivity index (χ3v) is 3.66. The molecular weight excluding hydrogens is 234 g/mol. The number of aromatic nitrogens is 1. The summed E-state index contributed by atoms with van der Waals surface area (Å²) in [5.41, 5.74) is 3.17. The zero-order valence-corrected chi connectivity index (χ0v) is 11.7. The number of nitriles is 1. The van der Waals surface area contributed by atoms with E-state index in [-0.39, 0.29) is 0 Å². The molecule has 0 N–H and O–H groups in total. The Morgan fingerprint density at radius 1 is 1.47 bits per heavy atom. The van der Waals surface area contributed by atoms with E-state index in [1.54, 1.807) is 0 Å². The fourth-order valence-electron chi connectivity index (χ4n) is 2.57. The number of pyridine rings is 1. The Morgan fingerprint density at radius 3 is 3.00 bits per heavy atom. The number of hydrogen-bond donors (Lipinski definition) is 0. The van der Waals surface area contributed by atoms with Crippen molar-refractivity contribution in [3.8, 4) is 6.07 Å². The lowest BCUT2D eigenvalue weighted by Gasteiger charge is -2.23. The molecule has 1 aromatic rings. The Hall–Kier alpha value is -1.82. The zero-order valence-electron chi connectivity index (χ0n) is 11.7. The average molecular weight is 255 g/mol. The second-order valence-electron chi connectivity index (χ2n) is 5.14. The predicted molar refractivity (Wildman–Crippen MR) is 78.3 cm³/mol. The van der Waals surface area contributed by atoms with Gasteiger partial charge < -0.3 is 4.90 Å². The first-order valence-corrected chi connectivity index (χ1v) is 7.01. The van der Waals surface area contributed by atoms with Gasteiger partial charge in [0.2, 0.25) is 0 Å². The Bertz CT molecular complexity index is 499. The van der Waals surface area contributed by atoms with E-state index in [9.17, 15) is 5.26 Å². The van der Waals surface area contributed by atoms with Crippen LogP contribution in [-0.4, -0.2) is 18.6 Å². The maximum absolute atomic E-state index is 9.31. The summed E-state index contributed by atoms with van der Waals surface area (Å²) in [7, 11) is 2.02. The first kappa shape index (κ1) is 13.6. The topological polar surface area (TPSA) is 39.9 Å². The summed E-state index contributed by atoms with van der Waals surface area (Å²) >= 11 is 0.